The van der Waals surface area contributed by atoms with Gasteiger partial charge >= 0.3 is 0 Å². The summed E-state index contributed by atoms with van der Waals surface area (Å²) < 4.78 is 0. The fourth-order valence-corrected chi connectivity index (χ4v) is 2.72. The summed E-state index contributed by atoms with van der Waals surface area (Å²) in [5, 5.41) is 1.09. The number of nitrogens with one attached hydrogen (secondary N) is 1. The third kappa shape index (κ3) is 2.24. The Bertz CT molecular complexity index is 602. The van der Waals surface area contributed by atoms with Crippen molar-refractivity contribution in [2.24, 2.45) is 0 Å². The SMILES string of the molecule is CN(C)[C@H]1CCN(C(=O)c2ccc3[nH]ccc3c2)C1. The largest absolute Gasteiger partial charge is 0.361 e. The topological polar surface area (TPSA) is 39.3 Å². The number of likely N-dealkylation sites (N-methyl/N-ethyl adjacent to an activating group) is 1. The van der Waals surface area contributed by atoms with Crippen molar-refractivity contribution in [2.75, 3.05) is 27.2 Å². The number of likely N-dealkylation sites (tertiary alicyclic amines) is 1. The van der Waals surface area contributed by atoms with Gasteiger partial charge in [-0.15, -0.1) is 0 Å². The van der Waals surface area contributed by atoms with Gasteiger partial charge in [-0.3, -0.25) is 4.79 Å². The third-order valence-electron chi connectivity index (χ3n) is 3.98. The molecule has 1 aliphatic rings. The fourth-order valence-electron chi connectivity index (χ4n) is 2.72. The van der Waals surface area contributed by atoms with Gasteiger partial charge in [-0.25, -0.2) is 0 Å². The summed E-state index contributed by atoms with van der Waals surface area (Å²) >= 11 is 0. The van der Waals surface area contributed by atoms with Crippen LogP contribution < -0.4 is 0 Å². The van der Waals surface area contributed by atoms with E-state index < -0.39 is 0 Å². The standard InChI is InChI=1S/C15H19N3O/c1-17(2)13-6-8-18(10-13)15(19)12-3-4-14-11(9-12)5-7-16-14/h3-5,7,9,13,16H,6,8,10H2,1-2H3/t13-/m0/s1. The molecule has 1 aromatic heterocycles. The van der Waals surface area contributed by atoms with Crippen LogP contribution in [0.2, 0.25) is 0 Å². The monoisotopic (exact) mass is 257 g/mol. The van der Waals surface area contributed by atoms with Crippen LogP contribution in [0.25, 0.3) is 10.9 Å². The number of hydrogen-bond acceptors (Lipinski definition) is 2. The van der Waals surface area contributed by atoms with Gasteiger partial charge in [0.25, 0.3) is 5.91 Å². The van der Waals surface area contributed by atoms with Crippen LogP contribution in [0.15, 0.2) is 30.5 Å². The average molecular weight is 257 g/mol. The first-order valence-electron chi connectivity index (χ1n) is 6.68. The molecule has 0 radical (unpaired) electrons. The van der Waals surface area contributed by atoms with E-state index in [0.717, 1.165) is 36.0 Å². The highest BCUT2D eigenvalue weighted by Gasteiger charge is 2.28. The van der Waals surface area contributed by atoms with E-state index in [2.05, 4.69) is 24.0 Å². The van der Waals surface area contributed by atoms with Crippen molar-refractivity contribution >= 4 is 16.8 Å². The second-order valence-electron chi connectivity index (χ2n) is 5.44. The Morgan fingerprint density at radius 1 is 1.37 bits per heavy atom. The maximum Gasteiger partial charge on any atom is 0.253 e. The predicted octanol–water partition coefficient (Wildman–Crippen LogP) is 1.94. The number of amides is 1. The summed E-state index contributed by atoms with van der Waals surface area (Å²) in [6.07, 6.45) is 2.96. The number of carbonyl (C=O) groups is 1. The van der Waals surface area contributed by atoms with Gasteiger partial charge in [0.05, 0.1) is 0 Å². The Morgan fingerprint density at radius 2 is 2.21 bits per heavy atom. The van der Waals surface area contributed by atoms with Gasteiger partial charge in [-0.1, -0.05) is 0 Å². The Balaban J connectivity index is 1.80. The van der Waals surface area contributed by atoms with Crippen LogP contribution in [0.1, 0.15) is 16.8 Å². The van der Waals surface area contributed by atoms with Gasteiger partial charge in [-0.2, -0.15) is 0 Å². The molecule has 0 bridgehead atoms. The van der Waals surface area contributed by atoms with Crippen LogP contribution in [0.3, 0.4) is 0 Å². The summed E-state index contributed by atoms with van der Waals surface area (Å²) in [6.45, 7) is 1.68. The maximum atomic E-state index is 12.5. The molecule has 4 nitrogen and oxygen atoms in total. The zero-order valence-electron chi connectivity index (χ0n) is 11.4. The Morgan fingerprint density at radius 3 is 2.95 bits per heavy atom. The molecular weight excluding hydrogens is 238 g/mol. The van der Waals surface area contributed by atoms with Gasteiger partial charge in [0.1, 0.15) is 0 Å². The summed E-state index contributed by atoms with van der Waals surface area (Å²) in [7, 11) is 4.15. The van der Waals surface area contributed by atoms with Gasteiger partial charge in [0.15, 0.2) is 0 Å². The number of H-pyrrole nitrogens is 1. The maximum absolute atomic E-state index is 12.5. The summed E-state index contributed by atoms with van der Waals surface area (Å²) in [4.78, 5) is 19.8. The van der Waals surface area contributed by atoms with E-state index in [1.54, 1.807) is 0 Å². The minimum absolute atomic E-state index is 0.146. The molecule has 100 valence electrons. The highest BCUT2D eigenvalue weighted by Crippen LogP contribution is 2.19. The lowest BCUT2D eigenvalue weighted by Gasteiger charge is -2.20. The lowest BCUT2D eigenvalue weighted by molar-refractivity contribution is 0.0783. The molecule has 1 N–H and O–H groups in total. The van der Waals surface area contributed by atoms with Crippen LogP contribution in [-0.4, -0.2) is 53.9 Å². The van der Waals surface area contributed by atoms with E-state index in [-0.39, 0.29) is 5.91 Å². The van der Waals surface area contributed by atoms with Gasteiger partial charge in [-0.05, 0) is 44.8 Å². The minimum Gasteiger partial charge on any atom is -0.361 e. The Hall–Kier alpha value is -1.81. The lowest BCUT2D eigenvalue weighted by Crippen LogP contribution is -2.34. The van der Waals surface area contributed by atoms with Crippen LogP contribution in [0.5, 0.6) is 0 Å². The molecule has 1 saturated heterocycles. The number of benzene rings is 1. The molecular formula is C15H19N3O. The van der Waals surface area contributed by atoms with Crippen molar-refractivity contribution in [1.82, 2.24) is 14.8 Å². The lowest BCUT2D eigenvalue weighted by atomic mass is 10.1. The van der Waals surface area contributed by atoms with Crippen molar-refractivity contribution in [3.63, 3.8) is 0 Å². The number of carbonyl (C=O) groups excluding carboxylic acids is 1. The zero-order chi connectivity index (χ0) is 13.4. The highest BCUT2D eigenvalue weighted by molar-refractivity contribution is 5.98. The van der Waals surface area contributed by atoms with E-state index in [0.29, 0.717) is 6.04 Å². The van der Waals surface area contributed by atoms with Gasteiger partial charge < -0.3 is 14.8 Å². The van der Waals surface area contributed by atoms with Crippen LogP contribution in [0.4, 0.5) is 0 Å². The first-order valence-corrected chi connectivity index (χ1v) is 6.68. The van der Waals surface area contributed by atoms with Crippen molar-refractivity contribution in [1.29, 1.82) is 0 Å². The normalized spacial score (nSPS) is 19.5. The molecule has 2 heterocycles. The quantitative estimate of drug-likeness (QED) is 0.893. The van der Waals surface area contributed by atoms with Gasteiger partial charge in [0.2, 0.25) is 0 Å². The Labute approximate surface area is 113 Å². The molecule has 0 unspecified atom stereocenters. The summed E-state index contributed by atoms with van der Waals surface area (Å²) in [5.74, 6) is 0.146. The van der Waals surface area contributed by atoms with E-state index in [4.69, 9.17) is 0 Å². The summed E-state index contributed by atoms with van der Waals surface area (Å²) in [6, 6.07) is 8.34. The van der Waals surface area contributed by atoms with Crippen LogP contribution in [0, 0.1) is 0 Å². The predicted molar refractivity (Wildman–Crippen MR) is 76.3 cm³/mol. The van der Waals surface area contributed by atoms with E-state index in [1.165, 1.54) is 0 Å². The van der Waals surface area contributed by atoms with E-state index >= 15 is 0 Å². The Kier molecular flexibility index (Phi) is 3.03. The number of rotatable bonds is 2. The molecule has 1 amide bonds. The molecule has 1 atom stereocenters. The van der Waals surface area contributed by atoms with Crippen molar-refractivity contribution < 1.29 is 4.79 Å². The number of nitrogens with zero attached hydrogens (tertiary/aromatic N) is 2. The fraction of sp³-hybridized carbons (Fsp3) is 0.400. The van der Waals surface area contributed by atoms with Crippen molar-refractivity contribution in [3.8, 4) is 0 Å². The van der Waals surface area contributed by atoms with Crippen molar-refractivity contribution in [2.45, 2.75) is 12.5 Å². The molecule has 0 saturated carbocycles. The molecule has 1 aliphatic heterocycles. The molecule has 0 aliphatic carbocycles. The second kappa shape index (κ2) is 4.70. The van der Waals surface area contributed by atoms with Crippen molar-refractivity contribution in [3.05, 3.63) is 36.0 Å². The number of fused-ring (bicyclic) bond motifs is 1. The molecule has 3 rings (SSSR count). The average Bonchev–Trinajstić information content (AvgIpc) is 3.06. The molecule has 0 spiro atoms. The molecule has 4 heteroatoms. The molecule has 1 fully saturated rings. The number of aromatic amines is 1. The first-order chi connectivity index (χ1) is 9.15. The summed E-state index contributed by atoms with van der Waals surface area (Å²) in [5.41, 5.74) is 1.86. The second-order valence-corrected chi connectivity index (χ2v) is 5.44. The smallest absolute Gasteiger partial charge is 0.253 e. The van der Waals surface area contributed by atoms with E-state index in [1.807, 2.05) is 35.4 Å². The molecule has 2 aromatic rings. The van der Waals surface area contributed by atoms with E-state index in [9.17, 15) is 4.79 Å². The minimum atomic E-state index is 0.146. The van der Waals surface area contributed by atoms with Crippen LogP contribution >= 0.6 is 0 Å². The first kappa shape index (κ1) is 12.2. The molecule has 19 heavy (non-hydrogen) atoms. The third-order valence-corrected chi connectivity index (χ3v) is 3.98. The highest BCUT2D eigenvalue weighted by atomic mass is 16.2. The van der Waals surface area contributed by atoms with Crippen LogP contribution in [-0.2, 0) is 0 Å². The number of hydrogen-bond donors (Lipinski definition) is 1. The molecule has 1 aromatic carbocycles. The number of aromatic nitrogens is 1. The zero-order valence-corrected chi connectivity index (χ0v) is 11.4. The van der Waals surface area contributed by atoms with Gasteiger partial charge in [0, 0.05) is 41.8 Å².